The van der Waals surface area contributed by atoms with Crippen LogP contribution in [0, 0.1) is 0 Å². The molecular formula is C12H13F3N2. The van der Waals surface area contributed by atoms with E-state index in [-0.39, 0.29) is 5.39 Å². The Morgan fingerprint density at radius 1 is 1.29 bits per heavy atom. The molecule has 2 nitrogen and oxygen atoms in total. The van der Waals surface area contributed by atoms with Crippen LogP contribution in [0.1, 0.15) is 11.3 Å². The lowest BCUT2D eigenvalue weighted by molar-refractivity contribution is -0.136. The maximum absolute atomic E-state index is 12.8. The van der Waals surface area contributed by atoms with Gasteiger partial charge in [0, 0.05) is 30.2 Å². The lowest BCUT2D eigenvalue weighted by Gasteiger charge is -2.08. The van der Waals surface area contributed by atoms with Gasteiger partial charge in [-0.15, -0.1) is 0 Å². The van der Waals surface area contributed by atoms with E-state index in [4.69, 9.17) is 0 Å². The normalized spacial score (nSPS) is 12.3. The third kappa shape index (κ3) is 2.02. The van der Waals surface area contributed by atoms with E-state index in [0.717, 1.165) is 11.8 Å². The van der Waals surface area contributed by atoms with E-state index < -0.39 is 11.7 Å². The van der Waals surface area contributed by atoms with Crippen molar-refractivity contribution in [2.24, 2.45) is 7.05 Å². The minimum absolute atomic E-state index is 0.257. The summed E-state index contributed by atoms with van der Waals surface area (Å²) >= 11 is 0. The summed E-state index contributed by atoms with van der Waals surface area (Å²) in [4.78, 5) is 0. The Morgan fingerprint density at radius 2 is 2.00 bits per heavy atom. The van der Waals surface area contributed by atoms with Crippen LogP contribution in [-0.2, 0) is 19.8 Å². The molecule has 0 amide bonds. The fourth-order valence-electron chi connectivity index (χ4n) is 2.01. The van der Waals surface area contributed by atoms with E-state index in [2.05, 4.69) is 5.32 Å². The van der Waals surface area contributed by atoms with E-state index in [1.165, 1.54) is 6.07 Å². The highest BCUT2D eigenvalue weighted by Gasteiger charge is 2.33. The number of nitrogens with one attached hydrogen (secondary N) is 1. The Balaban J connectivity index is 2.69. The number of alkyl halides is 3. The average Bonchev–Trinajstić information content (AvgIpc) is 2.55. The van der Waals surface area contributed by atoms with Crippen LogP contribution in [0.5, 0.6) is 0 Å². The molecule has 0 fully saturated rings. The van der Waals surface area contributed by atoms with Crippen molar-refractivity contribution in [2.75, 3.05) is 7.05 Å². The van der Waals surface area contributed by atoms with Gasteiger partial charge in [-0.2, -0.15) is 13.2 Å². The van der Waals surface area contributed by atoms with Crippen molar-refractivity contribution in [1.29, 1.82) is 0 Å². The molecule has 1 N–H and O–H groups in total. The molecule has 1 aromatic carbocycles. The fourth-order valence-corrected chi connectivity index (χ4v) is 2.01. The Labute approximate surface area is 97.0 Å². The first-order valence-corrected chi connectivity index (χ1v) is 5.24. The molecule has 5 heteroatoms. The van der Waals surface area contributed by atoms with Gasteiger partial charge < -0.3 is 9.88 Å². The molecule has 1 heterocycles. The number of fused-ring (bicyclic) bond motifs is 1. The first kappa shape index (κ1) is 12.0. The van der Waals surface area contributed by atoms with Crippen molar-refractivity contribution in [2.45, 2.75) is 12.7 Å². The van der Waals surface area contributed by atoms with Gasteiger partial charge in [0.25, 0.3) is 0 Å². The molecule has 0 aliphatic heterocycles. The van der Waals surface area contributed by atoms with E-state index in [9.17, 15) is 13.2 Å². The number of aromatic nitrogens is 1. The van der Waals surface area contributed by atoms with Crippen LogP contribution in [0.15, 0.2) is 24.3 Å². The Hall–Kier alpha value is -1.49. The van der Waals surface area contributed by atoms with Gasteiger partial charge in [0.1, 0.15) is 0 Å². The molecule has 0 saturated carbocycles. The molecule has 0 bridgehead atoms. The van der Waals surface area contributed by atoms with Crippen LogP contribution in [0.4, 0.5) is 13.2 Å². The highest BCUT2D eigenvalue weighted by atomic mass is 19.4. The average molecular weight is 242 g/mol. The second-order valence-electron chi connectivity index (χ2n) is 3.96. The van der Waals surface area contributed by atoms with Crippen LogP contribution >= 0.6 is 0 Å². The Bertz CT molecular complexity index is 540. The van der Waals surface area contributed by atoms with E-state index >= 15 is 0 Å². The summed E-state index contributed by atoms with van der Waals surface area (Å²) in [5.74, 6) is 0. The number of aryl methyl sites for hydroxylation is 1. The number of benzene rings is 1. The molecule has 0 spiro atoms. The fraction of sp³-hybridized carbons (Fsp3) is 0.333. The highest BCUT2D eigenvalue weighted by molar-refractivity contribution is 5.85. The summed E-state index contributed by atoms with van der Waals surface area (Å²) < 4.78 is 40.2. The zero-order valence-electron chi connectivity index (χ0n) is 9.60. The van der Waals surface area contributed by atoms with Crippen LogP contribution in [0.25, 0.3) is 10.9 Å². The second-order valence-corrected chi connectivity index (χ2v) is 3.96. The van der Waals surface area contributed by atoms with Crippen LogP contribution in [0.3, 0.4) is 0 Å². The standard InChI is InChI=1S/C12H13F3N2/c1-16-7-8-6-9-10(12(13,14)15)4-3-5-11(9)17(8)2/h3-6,16H,7H2,1-2H3. The quantitative estimate of drug-likeness (QED) is 0.856. The Kier molecular flexibility index (Phi) is 2.87. The van der Waals surface area contributed by atoms with Crippen molar-refractivity contribution in [3.05, 3.63) is 35.5 Å². The molecule has 17 heavy (non-hydrogen) atoms. The maximum Gasteiger partial charge on any atom is 0.417 e. The number of hydrogen-bond acceptors (Lipinski definition) is 1. The maximum atomic E-state index is 12.8. The van der Waals surface area contributed by atoms with Gasteiger partial charge >= 0.3 is 6.18 Å². The first-order valence-electron chi connectivity index (χ1n) is 5.24. The van der Waals surface area contributed by atoms with Crippen molar-refractivity contribution in [3.8, 4) is 0 Å². The third-order valence-electron chi connectivity index (χ3n) is 2.85. The van der Waals surface area contributed by atoms with Gasteiger partial charge in [0.05, 0.1) is 5.56 Å². The zero-order valence-corrected chi connectivity index (χ0v) is 9.60. The highest BCUT2D eigenvalue weighted by Crippen LogP contribution is 2.35. The van der Waals surface area contributed by atoms with E-state index in [0.29, 0.717) is 12.1 Å². The lowest BCUT2D eigenvalue weighted by Crippen LogP contribution is -2.08. The molecular weight excluding hydrogens is 229 g/mol. The van der Waals surface area contributed by atoms with Gasteiger partial charge in [-0.05, 0) is 25.2 Å². The lowest BCUT2D eigenvalue weighted by atomic mass is 10.1. The molecule has 0 aliphatic carbocycles. The van der Waals surface area contributed by atoms with Crippen molar-refractivity contribution in [1.82, 2.24) is 9.88 Å². The van der Waals surface area contributed by atoms with Gasteiger partial charge in [-0.1, -0.05) is 6.07 Å². The summed E-state index contributed by atoms with van der Waals surface area (Å²) in [5, 5.41) is 3.20. The summed E-state index contributed by atoms with van der Waals surface area (Å²) in [5.41, 5.74) is 0.859. The number of nitrogens with zero attached hydrogens (tertiary/aromatic N) is 1. The SMILES string of the molecule is CNCc1cc2c(C(F)(F)F)cccc2n1C. The zero-order chi connectivity index (χ0) is 12.6. The third-order valence-corrected chi connectivity index (χ3v) is 2.85. The van der Waals surface area contributed by atoms with Gasteiger partial charge in [-0.3, -0.25) is 0 Å². The van der Waals surface area contributed by atoms with Crippen molar-refractivity contribution < 1.29 is 13.2 Å². The minimum Gasteiger partial charge on any atom is -0.346 e. The smallest absolute Gasteiger partial charge is 0.346 e. The Morgan fingerprint density at radius 3 is 2.59 bits per heavy atom. The summed E-state index contributed by atoms with van der Waals surface area (Å²) in [7, 11) is 3.54. The van der Waals surface area contributed by atoms with Crippen LogP contribution in [-0.4, -0.2) is 11.6 Å². The van der Waals surface area contributed by atoms with Crippen LogP contribution < -0.4 is 5.32 Å². The minimum atomic E-state index is -4.31. The molecule has 2 aromatic rings. The topological polar surface area (TPSA) is 17.0 Å². The summed E-state index contributed by atoms with van der Waals surface area (Å²) in [6.45, 7) is 0.544. The molecule has 92 valence electrons. The predicted molar refractivity (Wildman–Crippen MR) is 60.7 cm³/mol. The van der Waals surface area contributed by atoms with Gasteiger partial charge in [0.2, 0.25) is 0 Å². The van der Waals surface area contributed by atoms with E-state index in [1.807, 2.05) is 0 Å². The number of halogens is 3. The molecule has 0 unspecified atom stereocenters. The molecule has 0 radical (unpaired) electrons. The predicted octanol–water partition coefficient (Wildman–Crippen LogP) is 2.92. The van der Waals surface area contributed by atoms with E-state index in [1.54, 1.807) is 30.8 Å². The molecule has 0 saturated heterocycles. The van der Waals surface area contributed by atoms with Crippen LogP contribution in [0.2, 0.25) is 0 Å². The van der Waals surface area contributed by atoms with Gasteiger partial charge in [0.15, 0.2) is 0 Å². The second kappa shape index (κ2) is 4.07. The molecule has 1 aromatic heterocycles. The van der Waals surface area contributed by atoms with Crippen molar-refractivity contribution >= 4 is 10.9 Å². The largest absolute Gasteiger partial charge is 0.417 e. The number of hydrogen-bond donors (Lipinski definition) is 1. The summed E-state index contributed by atoms with van der Waals surface area (Å²) in [6, 6.07) is 5.85. The molecule has 0 aliphatic rings. The van der Waals surface area contributed by atoms with Gasteiger partial charge in [-0.25, -0.2) is 0 Å². The first-order chi connectivity index (χ1) is 7.95. The monoisotopic (exact) mass is 242 g/mol. The van der Waals surface area contributed by atoms with Crippen molar-refractivity contribution in [3.63, 3.8) is 0 Å². The molecule has 2 rings (SSSR count). The molecule has 0 atom stereocenters. The summed E-state index contributed by atoms with van der Waals surface area (Å²) in [6.07, 6.45) is -4.31. The number of rotatable bonds is 2.